The van der Waals surface area contributed by atoms with Crippen molar-refractivity contribution in [3.63, 3.8) is 0 Å². The van der Waals surface area contributed by atoms with Crippen LogP contribution >= 0.6 is 12.2 Å². The molecule has 0 aromatic carbocycles. The molecule has 0 unspecified atom stereocenters. The van der Waals surface area contributed by atoms with Gasteiger partial charge in [0.25, 0.3) is 0 Å². The lowest BCUT2D eigenvalue weighted by Gasteiger charge is -2.29. The van der Waals surface area contributed by atoms with Gasteiger partial charge >= 0.3 is 0 Å². The van der Waals surface area contributed by atoms with Gasteiger partial charge in [-0.2, -0.15) is 0 Å². The van der Waals surface area contributed by atoms with Crippen LogP contribution in [0.25, 0.3) is 0 Å². The molecule has 0 aliphatic carbocycles. The first kappa shape index (κ1) is 16.9. The lowest BCUT2D eigenvalue weighted by molar-refractivity contribution is 0.408. The zero-order chi connectivity index (χ0) is 15.3. The minimum Gasteiger partial charge on any atom is -0.389 e. The van der Waals surface area contributed by atoms with Gasteiger partial charge in [0.15, 0.2) is 0 Å². The van der Waals surface area contributed by atoms with Crippen molar-refractivity contribution in [2.24, 2.45) is 11.7 Å². The quantitative estimate of drug-likeness (QED) is 0.780. The van der Waals surface area contributed by atoms with Gasteiger partial charge in [0.1, 0.15) is 10.8 Å². The van der Waals surface area contributed by atoms with Crippen molar-refractivity contribution >= 4 is 23.0 Å². The molecule has 5 heteroatoms. The predicted octanol–water partition coefficient (Wildman–Crippen LogP) is 2.05. The van der Waals surface area contributed by atoms with E-state index >= 15 is 0 Å². The van der Waals surface area contributed by atoms with Crippen LogP contribution in [0, 0.1) is 12.8 Å². The smallest absolute Gasteiger partial charge is 0.139 e. The van der Waals surface area contributed by atoms with E-state index in [1.165, 1.54) is 0 Å². The number of thiocarbonyl (C=S) groups is 1. The van der Waals surface area contributed by atoms with Gasteiger partial charge in [0.2, 0.25) is 0 Å². The zero-order valence-electron chi connectivity index (χ0n) is 13.2. The number of hydrogen-bond donors (Lipinski definition) is 1. The molecule has 0 bridgehead atoms. The second-order valence-corrected chi connectivity index (χ2v) is 6.27. The molecule has 1 aromatic heterocycles. The number of anilines is 1. The van der Waals surface area contributed by atoms with E-state index in [0.717, 1.165) is 36.7 Å². The van der Waals surface area contributed by atoms with Gasteiger partial charge in [0, 0.05) is 25.3 Å². The normalized spacial score (nSPS) is 11.2. The van der Waals surface area contributed by atoms with Crippen LogP contribution in [0.5, 0.6) is 0 Å². The Hall–Kier alpha value is -1.20. The lowest BCUT2D eigenvalue weighted by Crippen LogP contribution is -2.36. The highest BCUT2D eigenvalue weighted by atomic mass is 32.1. The van der Waals surface area contributed by atoms with Crippen molar-refractivity contribution in [3.8, 4) is 0 Å². The summed E-state index contributed by atoms with van der Waals surface area (Å²) in [7, 11) is 4.15. The highest BCUT2D eigenvalue weighted by Crippen LogP contribution is 2.20. The van der Waals surface area contributed by atoms with Gasteiger partial charge < -0.3 is 15.5 Å². The van der Waals surface area contributed by atoms with E-state index in [0.29, 0.717) is 10.9 Å². The van der Waals surface area contributed by atoms with Crippen molar-refractivity contribution in [1.82, 2.24) is 9.88 Å². The molecule has 0 aliphatic rings. The number of nitrogens with two attached hydrogens (primary N) is 1. The van der Waals surface area contributed by atoms with Gasteiger partial charge in [-0.1, -0.05) is 26.1 Å². The predicted molar refractivity (Wildman–Crippen MR) is 90.5 cm³/mol. The summed E-state index contributed by atoms with van der Waals surface area (Å²) in [5, 5.41) is 0. The van der Waals surface area contributed by atoms with E-state index < -0.39 is 0 Å². The van der Waals surface area contributed by atoms with Crippen molar-refractivity contribution in [2.45, 2.75) is 20.8 Å². The number of aromatic nitrogens is 1. The molecule has 0 saturated carbocycles. The molecule has 0 spiro atoms. The van der Waals surface area contributed by atoms with Gasteiger partial charge in [-0.15, -0.1) is 0 Å². The molecule has 0 aliphatic heterocycles. The molecule has 0 atom stereocenters. The van der Waals surface area contributed by atoms with Gasteiger partial charge in [0.05, 0.1) is 5.56 Å². The Morgan fingerprint density at radius 3 is 2.45 bits per heavy atom. The van der Waals surface area contributed by atoms with Crippen LogP contribution in [0.4, 0.5) is 5.82 Å². The number of pyridine rings is 1. The SMILES string of the molecule is Cc1ccc(C(N)=S)c(N(CCN(C)C)CC(C)C)n1. The first-order valence-electron chi connectivity index (χ1n) is 6.98. The van der Waals surface area contributed by atoms with E-state index in [2.05, 4.69) is 42.7 Å². The Balaban J connectivity index is 3.10. The van der Waals surface area contributed by atoms with E-state index in [-0.39, 0.29) is 0 Å². The zero-order valence-corrected chi connectivity index (χ0v) is 14.0. The van der Waals surface area contributed by atoms with Crippen LogP contribution < -0.4 is 10.6 Å². The third-order valence-electron chi connectivity index (χ3n) is 2.98. The summed E-state index contributed by atoms with van der Waals surface area (Å²) < 4.78 is 0. The minimum atomic E-state index is 0.408. The molecule has 1 rings (SSSR count). The summed E-state index contributed by atoms with van der Waals surface area (Å²) >= 11 is 5.16. The largest absolute Gasteiger partial charge is 0.389 e. The standard InChI is InChI=1S/C15H26N4S/c1-11(2)10-19(9-8-18(4)5)15-13(14(16)20)7-6-12(3)17-15/h6-7,11H,8-10H2,1-5H3,(H2,16,20). The van der Waals surface area contributed by atoms with Gasteiger partial charge in [-0.25, -0.2) is 4.98 Å². The fourth-order valence-electron chi connectivity index (χ4n) is 2.02. The van der Waals surface area contributed by atoms with Crippen molar-refractivity contribution in [2.75, 3.05) is 38.6 Å². The number of rotatable bonds is 7. The second kappa shape index (κ2) is 7.55. The average Bonchev–Trinajstić information content (AvgIpc) is 2.33. The van der Waals surface area contributed by atoms with E-state index in [4.69, 9.17) is 18.0 Å². The molecule has 1 aromatic rings. The molecule has 112 valence electrons. The van der Waals surface area contributed by atoms with Crippen LogP contribution in [-0.4, -0.2) is 48.6 Å². The highest BCUT2D eigenvalue weighted by molar-refractivity contribution is 7.80. The summed E-state index contributed by atoms with van der Waals surface area (Å²) in [6.45, 7) is 9.24. The maximum Gasteiger partial charge on any atom is 0.139 e. The second-order valence-electron chi connectivity index (χ2n) is 5.83. The average molecular weight is 294 g/mol. The molecule has 0 radical (unpaired) electrons. The summed E-state index contributed by atoms with van der Waals surface area (Å²) in [6.07, 6.45) is 0. The molecule has 0 fully saturated rings. The number of likely N-dealkylation sites (N-methyl/N-ethyl adjacent to an activating group) is 1. The minimum absolute atomic E-state index is 0.408. The number of hydrogen-bond acceptors (Lipinski definition) is 4. The highest BCUT2D eigenvalue weighted by Gasteiger charge is 2.16. The topological polar surface area (TPSA) is 45.4 Å². The Labute approximate surface area is 128 Å². The van der Waals surface area contributed by atoms with Crippen molar-refractivity contribution in [1.29, 1.82) is 0 Å². The summed E-state index contributed by atoms with van der Waals surface area (Å²) in [6, 6.07) is 3.93. The van der Waals surface area contributed by atoms with Crippen LogP contribution in [0.2, 0.25) is 0 Å². The van der Waals surface area contributed by atoms with Crippen LogP contribution in [-0.2, 0) is 0 Å². The van der Waals surface area contributed by atoms with Crippen molar-refractivity contribution < 1.29 is 0 Å². The number of aryl methyl sites for hydroxylation is 1. The van der Waals surface area contributed by atoms with Crippen LogP contribution in [0.15, 0.2) is 12.1 Å². The van der Waals surface area contributed by atoms with E-state index in [9.17, 15) is 0 Å². The summed E-state index contributed by atoms with van der Waals surface area (Å²) in [5.41, 5.74) is 7.69. The maximum absolute atomic E-state index is 5.84. The Bertz CT molecular complexity index is 457. The monoisotopic (exact) mass is 294 g/mol. The fraction of sp³-hybridized carbons (Fsp3) is 0.600. The molecule has 0 saturated heterocycles. The Morgan fingerprint density at radius 1 is 1.30 bits per heavy atom. The molecule has 2 N–H and O–H groups in total. The maximum atomic E-state index is 5.84. The van der Waals surface area contributed by atoms with E-state index in [1.54, 1.807) is 0 Å². The van der Waals surface area contributed by atoms with Crippen LogP contribution in [0.3, 0.4) is 0 Å². The van der Waals surface area contributed by atoms with Crippen molar-refractivity contribution in [3.05, 3.63) is 23.4 Å². The Morgan fingerprint density at radius 2 is 1.95 bits per heavy atom. The van der Waals surface area contributed by atoms with Gasteiger partial charge in [-0.05, 0) is 39.1 Å². The first-order chi connectivity index (χ1) is 9.31. The molecular weight excluding hydrogens is 268 g/mol. The third-order valence-corrected chi connectivity index (χ3v) is 3.20. The van der Waals surface area contributed by atoms with Gasteiger partial charge in [-0.3, -0.25) is 0 Å². The Kier molecular flexibility index (Phi) is 6.36. The molecule has 20 heavy (non-hydrogen) atoms. The molecule has 1 heterocycles. The lowest BCUT2D eigenvalue weighted by atomic mass is 10.1. The third kappa shape index (κ3) is 5.06. The summed E-state index contributed by atoms with van der Waals surface area (Å²) in [5.74, 6) is 1.46. The van der Waals surface area contributed by atoms with Crippen LogP contribution in [0.1, 0.15) is 25.1 Å². The number of nitrogens with zero attached hydrogens (tertiary/aromatic N) is 3. The fourth-order valence-corrected chi connectivity index (χ4v) is 2.18. The molecule has 4 nitrogen and oxygen atoms in total. The first-order valence-corrected chi connectivity index (χ1v) is 7.39. The molecule has 0 amide bonds. The summed E-state index contributed by atoms with van der Waals surface area (Å²) in [4.78, 5) is 9.53. The van der Waals surface area contributed by atoms with E-state index in [1.807, 2.05) is 19.1 Å². The molecular formula is C15H26N4S.